The van der Waals surface area contributed by atoms with Gasteiger partial charge in [-0.05, 0) is 39.3 Å². The zero-order valence-corrected chi connectivity index (χ0v) is 20.7. The lowest BCUT2D eigenvalue weighted by Crippen LogP contribution is -2.44. The number of likely N-dealkylation sites (N-methyl/N-ethyl adjacent to an activating group) is 1. The molecule has 0 radical (unpaired) electrons. The standard InChI is InChI=1S/C23H36N6O5/c1-5-27-12-7-9-17(27)15-28(14-11-19(31)34-6-2)18(30)10-8-13-29-16-24-21-20(29)22(32)26(4)23(33)25(21)3/h16-17H,5-15H2,1-4H3. The van der Waals surface area contributed by atoms with Crippen molar-refractivity contribution in [2.24, 2.45) is 14.1 Å². The normalized spacial score (nSPS) is 16.3. The largest absolute Gasteiger partial charge is 0.466 e. The molecular formula is C23H36N6O5. The quantitative estimate of drug-likeness (QED) is 0.434. The fourth-order valence-corrected chi connectivity index (χ4v) is 4.68. The second-order valence-electron chi connectivity index (χ2n) is 8.74. The number of carbonyl (C=O) groups is 2. The van der Waals surface area contributed by atoms with Crippen LogP contribution in [0.5, 0.6) is 0 Å². The highest BCUT2D eigenvalue weighted by atomic mass is 16.5. The molecule has 1 amide bonds. The van der Waals surface area contributed by atoms with Crippen molar-refractivity contribution in [2.75, 3.05) is 32.8 Å². The molecule has 1 atom stereocenters. The van der Waals surface area contributed by atoms with Gasteiger partial charge in [0.15, 0.2) is 11.2 Å². The Hall–Kier alpha value is -2.95. The minimum Gasteiger partial charge on any atom is -0.466 e. The van der Waals surface area contributed by atoms with E-state index < -0.39 is 11.2 Å². The van der Waals surface area contributed by atoms with Gasteiger partial charge in [0.2, 0.25) is 5.91 Å². The Morgan fingerprint density at radius 1 is 1.18 bits per heavy atom. The number of rotatable bonds is 11. The zero-order chi connectivity index (χ0) is 24.8. The number of fused-ring (bicyclic) bond motifs is 1. The molecule has 1 unspecified atom stereocenters. The first kappa shape index (κ1) is 25.7. The lowest BCUT2D eigenvalue weighted by Gasteiger charge is -2.30. The summed E-state index contributed by atoms with van der Waals surface area (Å²) >= 11 is 0. The Balaban J connectivity index is 1.67. The van der Waals surface area contributed by atoms with Gasteiger partial charge in [-0.3, -0.25) is 28.4 Å². The van der Waals surface area contributed by atoms with Gasteiger partial charge in [-0.15, -0.1) is 0 Å². The monoisotopic (exact) mass is 476 g/mol. The highest BCUT2D eigenvalue weighted by Crippen LogP contribution is 2.19. The van der Waals surface area contributed by atoms with E-state index in [2.05, 4.69) is 16.8 Å². The van der Waals surface area contributed by atoms with Gasteiger partial charge in [0, 0.05) is 46.2 Å². The second-order valence-corrected chi connectivity index (χ2v) is 8.74. The third kappa shape index (κ3) is 5.57. The second kappa shape index (κ2) is 11.5. The lowest BCUT2D eigenvalue weighted by molar-refractivity contribution is -0.144. The summed E-state index contributed by atoms with van der Waals surface area (Å²) in [6, 6.07) is 0.304. The van der Waals surface area contributed by atoms with Gasteiger partial charge in [-0.2, -0.15) is 0 Å². The Kier molecular flexibility index (Phi) is 8.65. The topological polar surface area (TPSA) is 112 Å². The van der Waals surface area contributed by atoms with Crippen LogP contribution in [-0.4, -0.2) is 79.2 Å². The van der Waals surface area contributed by atoms with E-state index in [1.165, 1.54) is 17.9 Å². The molecule has 0 aliphatic carbocycles. The average molecular weight is 477 g/mol. The van der Waals surface area contributed by atoms with Gasteiger partial charge >= 0.3 is 11.7 Å². The number of aryl methyl sites for hydroxylation is 2. The van der Waals surface area contributed by atoms with E-state index in [4.69, 9.17) is 4.74 Å². The van der Waals surface area contributed by atoms with Crippen molar-refractivity contribution in [3.8, 4) is 0 Å². The molecule has 11 nitrogen and oxygen atoms in total. The maximum absolute atomic E-state index is 13.1. The number of carbonyl (C=O) groups excluding carboxylic acids is 2. The third-order valence-electron chi connectivity index (χ3n) is 6.59. The predicted molar refractivity (Wildman–Crippen MR) is 128 cm³/mol. The van der Waals surface area contributed by atoms with Gasteiger partial charge in [-0.1, -0.05) is 6.92 Å². The zero-order valence-electron chi connectivity index (χ0n) is 20.7. The molecule has 0 spiro atoms. The number of hydrogen-bond donors (Lipinski definition) is 0. The van der Waals surface area contributed by atoms with Crippen LogP contribution in [0, 0.1) is 0 Å². The maximum atomic E-state index is 13.1. The number of amides is 1. The number of ether oxygens (including phenoxy) is 1. The molecule has 1 fully saturated rings. The Bertz CT molecular complexity index is 1130. The summed E-state index contributed by atoms with van der Waals surface area (Å²) in [6.07, 6.45) is 4.66. The van der Waals surface area contributed by atoms with E-state index in [-0.39, 0.29) is 24.7 Å². The van der Waals surface area contributed by atoms with Crippen molar-refractivity contribution in [3.63, 3.8) is 0 Å². The van der Waals surface area contributed by atoms with Crippen LogP contribution in [0.1, 0.15) is 46.0 Å². The molecule has 2 aromatic heterocycles. The number of imidazole rings is 1. The van der Waals surface area contributed by atoms with Crippen LogP contribution >= 0.6 is 0 Å². The van der Waals surface area contributed by atoms with Crippen molar-refractivity contribution in [2.45, 2.75) is 58.5 Å². The molecule has 188 valence electrons. The fourth-order valence-electron chi connectivity index (χ4n) is 4.68. The minimum atomic E-state index is -0.428. The van der Waals surface area contributed by atoms with Crippen LogP contribution in [0.3, 0.4) is 0 Å². The number of hydrogen-bond acceptors (Lipinski definition) is 7. The fraction of sp³-hybridized carbons (Fsp3) is 0.696. The van der Waals surface area contributed by atoms with E-state index in [0.717, 1.165) is 30.5 Å². The maximum Gasteiger partial charge on any atom is 0.332 e. The molecule has 11 heteroatoms. The summed E-state index contributed by atoms with van der Waals surface area (Å²) in [6.45, 7) is 7.55. The number of likely N-dealkylation sites (tertiary alicyclic amines) is 1. The van der Waals surface area contributed by atoms with Crippen molar-refractivity contribution < 1.29 is 14.3 Å². The summed E-state index contributed by atoms with van der Waals surface area (Å²) in [7, 11) is 3.02. The van der Waals surface area contributed by atoms with Crippen LogP contribution < -0.4 is 11.2 Å². The molecule has 0 bridgehead atoms. The molecular weight excluding hydrogens is 440 g/mol. The Morgan fingerprint density at radius 3 is 2.65 bits per heavy atom. The van der Waals surface area contributed by atoms with E-state index >= 15 is 0 Å². The van der Waals surface area contributed by atoms with Crippen LogP contribution in [0.25, 0.3) is 11.2 Å². The predicted octanol–water partition coefficient (Wildman–Crippen LogP) is 0.480. The van der Waals surface area contributed by atoms with Crippen LogP contribution in [-0.2, 0) is 35.0 Å². The molecule has 0 aromatic carbocycles. The summed E-state index contributed by atoms with van der Waals surface area (Å²) in [5.41, 5.74) is -0.153. The minimum absolute atomic E-state index is 0.0167. The third-order valence-corrected chi connectivity index (χ3v) is 6.59. The number of esters is 1. The van der Waals surface area contributed by atoms with Crippen molar-refractivity contribution >= 4 is 23.0 Å². The SMILES string of the molecule is CCOC(=O)CCN(CC1CCCN1CC)C(=O)CCCn1cnc2c1c(=O)n(C)c(=O)n2C. The highest BCUT2D eigenvalue weighted by Gasteiger charge is 2.27. The molecule has 34 heavy (non-hydrogen) atoms. The van der Waals surface area contributed by atoms with E-state index in [1.54, 1.807) is 23.4 Å². The lowest BCUT2D eigenvalue weighted by atomic mass is 10.1. The van der Waals surface area contributed by atoms with Crippen LogP contribution in [0.2, 0.25) is 0 Å². The van der Waals surface area contributed by atoms with Crippen LogP contribution in [0.4, 0.5) is 0 Å². The van der Waals surface area contributed by atoms with Gasteiger partial charge in [0.1, 0.15) is 0 Å². The summed E-state index contributed by atoms with van der Waals surface area (Å²) in [5.74, 6) is -0.317. The molecule has 2 aromatic rings. The molecule has 3 heterocycles. The molecule has 0 saturated carbocycles. The highest BCUT2D eigenvalue weighted by molar-refractivity contribution is 5.77. The number of nitrogens with zero attached hydrogens (tertiary/aromatic N) is 6. The van der Waals surface area contributed by atoms with Crippen molar-refractivity contribution in [1.29, 1.82) is 0 Å². The average Bonchev–Trinajstić information content (AvgIpc) is 3.45. The molecule has 1 aliphatic rings. The Labute approximate surface area is 198 Å². The number of aromatic nitrogens is 4. The first-order valence-corrected chi connectivity index (χ1v) is 12.1. The van der Waals surface area contributed by atoms with E-state index in [1.807, 2.05) is 0 Å². The molecule has 3 rings (SSSR count). The van der Waals surface area contributed by atoms with Gasteiger partial charge in [0.25, 0.3) is 5.56 Å². The van der Waals surface area contributed by atoms with Crippen LogP contribution in [0.15, 0.2) is 15.9 Å². The Morgan fingerprint density at radius 2 is 1.94 bits per heavy atom. The van der Waals surface area contributed by atoms with Crippen molar-refractivity contribution in [1.82, 2.24) is 28.5 Å². The van der Waals surface area contributed by atoms with Gasteiger partial charge in [0.05, 0.1) is 19.4 Å². The van der Waals surface area contributed by atoms with E-state index in [0.29, 0.717) is 49.9 Å². The molecule has 1 saturated heterocycles. The first-order valence-electron chi connectivity index (χ1n) is 12.1. The summed E-state index contributed by atoms with van der Waals surface area (Å²) in [5, 5.41) is 0. The van der Waals surface area contributed by atoms with E-state index in [9.17, 15) is 19.2 Å². The van der Waals surface area contributed by atoms with Gasteiger partial charge < -0.3 is 14.2 Å². The molecule has 1 aliphatic heterocycles. The smallest absolute Gasteiger partial charge is 0.332 e. The van der Waals surface area contributed by atoms with Crippen molar-refractivity contribution in [3.05, 3.63) is 27.2 Å². The van der Waals surface area contributed by atoms with Gasteiger partial charge in [-0.25, -0.2) is 9.78 Å². The summed E-state index contributed by atoms with van der Waals surface area (Å²) < 4.78 is 9.14. The molecule has 0 N–H and O–H groups in total. The summed E-state index contributed by atoms with van der Waals surface area (Å²) in [4.78, 5) is 58.1. The first-order chi connectivity index (χ1) is 16.3.